The highest BCUT2D eigenvalue weighted by atomic mass is 16.5. The van der Waals surface area contributed by atoms with Crippen molar-refractivity contribution < 1.29 is 4.74 Å². The second kappa shape index (κ2) is 7.32. The summed E-state index contributed by atoms with van der Waals surface area (Å²) in [7, 11) is 1.94. The summed E-state index contributed by atoms with van der Waals surface area (Å²) in [4.78, 5) is 4.69. The Morgan fingerprint density at radius 2 is 2.00 bits per heavy atom. The lowest BCUT2D eigenvalue weighted by molar-refractivity contribution is 0.293. The van der Waals surface area contributed by atoms with E-state index in [-0.39, 0.29) is 0 Å². The highest BCUT2D eigenvalue weighted by Gasteiger charge is 2.10. The normalized spacial score (nSPS) is 14.3. The van der Waals surface area contributed by atoms with E-state index >= 15 is 0 Å². The summed E-state index contributed by atoms with van der Waals surface area (Å²) >= 11 is 0. The van der Waals surface area contributed by atoms with Crippen molar-refractivity contribution in [3.63, 3.8) is 0 Å². The number of hydrogen-bond donors (Lipinski definition) is 1. The Balaban J connectivity index is 1.75. The number of aryl methyl sites for hydroxylation is 1. The molecule has 1 heterocycles. The van der Waals surface area contributed by atoms with Gasteiger partial charge in [-0.3, -0.25) is 0 Å². The molecule has 23 heavy (non-hydrogen) atoms. The molecule has 0 atom stereocenters. The third-order valence-electron chi connectivity index (χ3n) is 4.39. The maximum atomic E-state index is 5.97. The first-order valence-electron chi connectivity index (χ1n) is 8.33. The van der Waals surface area contributed by atoms with E-state index in [1.54, 1.807) is 0 Å². The third-order valence-corrected chi connectivity index (χ3v) is 4.39. The highest BCUT2D eigenvalue weighted by Crippen LogP contribution is 2.27. The van der Waals surface area contributed by atoms with Gasteiger partial charge in [0.2, 0.25) is 5.88 Å². The standard InChI is InChI=1S/C20H24N2O/c1-15-8-6-12-19(21-2)17(15)14-23-20-13-7-11-18(22-20)16-9-4-3-5-10-16/h6-9,11-13,21H,3-5,10,14H2,1-2H3. The van der Waals surface area contributed by atoms with Crippen LogP contribution in [0.15, 0.2) is 42.5 Å². The zero-order chi connectivity index (χ0) is 16.1. The van der Waals surface area contributed by atoms with Crippen molar-refractivity contribution in [3.05, 3.63) is 59.3 Å². The Morgan fingerprint density at radius 3 is 2.78 bits per heavy atom. The molecule has 0 amide bonds. The second-order valence-corrected chi connectivity index (χ2v) is 5.98. The van der Waals surface area contributed by atoms with Crippen LogP contribution >= 0.6 is 0 Å². The van der Waals surface area contributed by atoms with Crippen molar-refractivity contribution in [2.45, 2.75) is 39.2 Å². The zero-order valence-corrected chi connectivity index (χ0v) is 13.9. The van der Waals surface area contributed by atoms with Gasteiger partial charge in [-0.25, -0.2) is 4.98 Å². The van der Waals surface area contributed by atoms with Crippen LogP contribution in [0.4, 0.5) is 5.69 Å². The van der Waals surface area contributed by atoms with Gasteiger partial charge in [-0.2, -0.15) is 0 Å². The van der Waals surface area contributed by atoms with Crippen molar-refractivity contribution in [1.29, 1.82) is 0 Å². The van der Waals surface area contributed by atoms with E-state index < -0.39 is 0 Å². The molecule has 1 aliphatic carbocycles. The average Bonchev–Trinajstić information content (AvgIpc) is 2.61. The van der Waals surface area contributed by atoms with E-state index in [0.717, 1.165) is 24.2 Å². The lowest BCUT2D eigenvalue weighted by Crippen LogP contribution is -2.04. The molecular formula is C20H24N2O. The van der Waals surface area contributed by atoms with E-state index in [0.29, 0.717) is 12.5 Å². The van der Waals surface area contributed by atoms with E-state index in [1.165, 1.54) is 29.5 Å². The van der Waals surface area contributed by atoms with E-state index in [2.05, 4.69) is 47.6 Å². The van der Waals surface area contributed by atoms with Gasteiger partial charge in [-0.15, -0.1) is 0 Å². The van der Waals surface area contributed by atoms with Crippen LogP contribution in [-0.2, 0) is 6.61 Å². The lowest BCUT2D eigenvalue weighted by atomic mass is 9.97. The van der Waals surface area contributed by atoms with Gasteiger partial charge >= 0.3 is 0 Å². The van der Waals surface area contributed by atoms with Gasteiger partial charge in [0, 0.05) is 24.4 Å². The van der Waals surface area contributed by atoms with E-state index in [4.69, 9.17) is 4.74 Å². The Labute approximate surface area is 138 Å². The molecule has 3 heteroatoms. The van der Waals surface area contributed by atoms with Crippen LogP contribution in [0.25, 0.3) is 5.57 Å². The predicted octanol–water partition coefficient (Wildman–Crippen LogP) is 4.97. The minimum absolute atomic E-state index is 0.526. The summed E-state index contributed by atoms with van der Waals surface area (Å²) in [5.74, 6) is 0.694. The first-order chi connectivity index (χ1) is 11.3. The molecule has 0 bridgehead atoms. The number of hydrogen-bond acceptors (Lipinski definition) is 3. The highest BCUT2D eigenvalue weighted by molar-refractivity contribution is 5.63. The molecule has 0 spiro atoms. The number of anilines is 1. The van der Waals surface area contributed by atoms with E-state index in [9.17, 15) is 0 Å². The predicted molar refractivity (Wildman–Crippen MR) is 95.7 cm³/mol. The summed E-state index contributed by atoms with van der Waals surface area (Å²) in [6.45, 7) is 2.63. The summed E-state index contributed by atoms with van der Waals surface area (Å²) in [6, 6.07) is 12.3. The van der Waals surface area contributed by atoms with Crippen LogP contribution in [0.3, 0.4) is 0 Å². The zero-order valence-electron chi connectivity index (χ0n) is 13.9. The molecule has 1 aromatic heterocycles. The molecule has 3 rings (SSSR count). The summed E-state index contributed by atoms with van der Waals surface area (Å²) in [5.41, 5.74) is 5.92. The Hall–Kier alpha value is -2.29. The van der Waals surface area contributed by atoms with Gasteiger partial charge in [0.15, 0.2) is 0 Å². The summed E-state index contributed by atoms with van der Waals surface area (Å²) < 4.78 is 5.97. The fourth-order valence-electron chi connectivity index (χ4n) is 3.02. The molecule has 0 saturated heterocycles. The number of nitrogens with one attached hydrogen (secondary N) is 1. The molecule has 1 aliphatic rings. The monoisotopic (exact) mass is 308 g/mol. The van der Waals surface area contributed by atoms with Crippen LogP contribution in [0.5, 0.6) is 5.88 Å². The molecule has 120 valence electrons. The van der Waals surface area contributed by atoms with Crippen LogP contribution < -0.4 is 10.1 Å². The van der Waals surface area contributed by atoms with Gasteiger partial charge in [0.1, 0.15) is 6.61 Å². The number of pyridine rings is 1. The smallest absolute Gasteiger partial charge is 0.214 e. The first kappa shape index (κ1) is 15.6. The Kier molecular flexibility index (Phi) is 4.96. The minimum Gasteiger partial charge on any atom is -0.473 e. The fourth-order valence-corrected chi connectivity index (χ4v) is 3.02. The number of rotatable bonds is 5. The quantitative estimate of drug-likeness (QED) is 0.847. The largest absolute Gasteiger partial charge is 0.473 e. The van der Waals surface area contributed by atoms with Gasteiger partial charge in [-0.05, 0) is 55.9 Å². The van der Waals surface area contributed by atoms with Crippen LogP contribution in [-0.4, -0.2) is 12.0 Å². The second-order valence-electron chi connectivity index (χ2n) is 5.98. The number of allylic oxidation sites excluding steroid dienone is 2. The molecular weight excluding hydrogens is 284 g/mol. The number of aromatic nitrogens is 1. The maximum Gasteiger partial charge on any atom is 0.214 e. The fraction of sp³-hybridized carbons (Fsp3) is 0.350. The Morgan fingerprint density at radius 1 is 1.13 bits per heavy atom. The number of ether oxygens (including phenoxy) is 1. The topological polar surface area (TPSA) is 34.1 Å². The Bertz CT molecular complexity index is 707. The number of benzene rings is 1. The molecule has 1 aromatic carbocycles. The van der Waals surface area contributed by atoms with Crippen molar-refractivity contribution in [3.8, 4) is 5.88 Å². The molecule has 1 N–H and O–H groups in total. The molecule has 0 saturated carbocycles. The van der Waals surface area contributed by atoms with Crippen LogP contribution in [0, 0.1) is 6.92 Å². The van der Waals surface area contributed by atoms with Crippen molar-refractivity contribution >= 4 is 11.3 Å². The summed E-state index contributed by atoms with van der Waals surface area (Å²) in [5, 5.41) is 3.23. The SMILES string of the molecule is CNc1cccc(C)c1COc1cccc(C2=CCCCC2)n1. The van der Waals surface area contributed by atoms with E-state index in [1.807, 2.05) is 19.2 Å². The van der Waals surface area contributed by atoms with Crippen molar-refractivity contribution in [2.24, 2.45) is 0 Å². The van der Waals surface area contributed by atoms with Crippen LogP contribution in [0.2, 0.25) is 0 Å². The molecule has 0 unspecified atom stereocenters. The van der Waals surface area contributed by atoms with Gasteiger partial charge in [0.25, 0.3) is 0 Å². The van der Waals surface area contributed by atoms with Crippen molar-refractivity contribution in [2.75, 3.05) is 12.4 Å². The molecule has 2 aromatic rings. The van der Waals surface area contributed by atoms with Gasteiger partial charge < -0.3 is 10.1 Å². The minimum atomic E-state index is 0.526. The molecule has 0 aliphatic heterocycles. The van der Waals surface area contributed by atoms with Gasteiger partial charge in [-0.1, -0.05) is 24.3 Å². The average molecular weight is 308 g/mol. The summed E-state index contributed by atoms with van der Waals surface area (Å²) in [6.07, 6.45) is 7.15. The molecule has 0 fully saturated rings. The molecule has 3 nitrogen and oxygen atoms in total. The number of nitrogens with zero attached hydrogens (tertiary/aromatic N) is 1. The third kappa shape index (κ3) is 3.73. The maximum absolute atomic E-state index is 5.97. The first-order valence-corrected chi connectivity index (χ1v) is 8.33. The van der Waals surface area contributed by atoms with Gasteiger partial charge in [0.05, 0.1) is 5.69 Å². The molecule has 0 radical (unpaired) electrons. The van der Waals surface area contributed by atoms with Crippen LogP contribution in [0.1, 0.15) is 42.5 Å². The lowest BCUT2D eigenvalue weighted by Gasteiger charge is -2.15. The van der Waals surface area contributed by atoms with Crippen molar-refractivity contribution in [1.82, 2.24) is 4.98 Å².